The number of hydrogen-bond donors (Lipinski definition) is 5. The van der Waals surface area contributed by atoms with Crippen LogP contribution in [0.25, 0.3) is 0 Å². The highest BCUT2D eigenvalue weighted by molar-refractivity contribution is 5.83. The van der Waals surface area contributed by atoms with Gasteiger partial charge < -0.3 is 31.1 Å². The summed E-state index contributed by atoms with van der Waals surface area (Å²) < 4.78 is 1.90. The lowest BCUT2D eigenvalue weighted by molar-refractivity contribution is -0.165. The van der Waals surface area contributed by atoms with Gasteiger partial charge in [-0.3, -0.25) is 4.68 Å². The van der Waals surface area contributed by atoms with E-state index in [2.05, 4.69) is 15.2 Å². The van der Waals surface area contributed by atoms with Crippen molar-refractivity contribution in [3.8, 4) is 0 Å². The molecule has 0 bridgehead atoms. The number of carboxylic acids is 2. The molecule has 2 heterocycles. The van der Waals surface area contributed by atoms with Crippen molar-refractivity contribution in [1.29, 1.82) is 0 Å². The fraction of sp³-hybridized carbons (Fsp3) is 0.733. The van der Waals surface area contributed by atoms with Gasteiger partial charge in [0.15, 0.2) is 12.2 Å². The second kappa shape index (κ2) is 11.5. The predicted molar refractivity (Wildman–Crippen MR) is 90.1 cm³/mol. The van der Waals surface area contributed by atoms with Crippen LogP contribution in [0.2, 0.25) is 0 Å². The molecule has 2 unspecified atom stereocenters. The summed E-state index contributed by atoms with van der Waals surface area (Å²) in [7, 11) is 0. The van der Waals surface area contributed by atoms with E-state index in [0.29, 0.717) is 0 Å². The van der Waals surface area contributed by atoms with Gasteiger partial charge in [-0.1, -0.05) is 5.21 Å². The molecule has 0 spiro atoms. The van der Waals surface area contributed by atoms with Gasteiger partial charge >= 0.3 is 11.9 Å². The maximum atomic E-state index is 9.77. The molecule has 1 saturated heterocycles. The Balaban J connectivity index is 0.000000294. The quantitative estimate of drug-likeness (QED) is 0.350. The number of piperidine rings is 1. The standard InChI is InChI=1S/C11H21N5.C4H6O6/c12-10-11-2-7-15(8-3-11)5-1-6-16-9-4-13-14-16;5-1(3(7)8)2(6)4(9)10/h4,9,11H,1-3,5-8,10,12H2;1-2,5-6H,(H,7,8)(H,9,10). The largest absolute Gasteiger partial charge is 0.479 e. The third-order valence-corrected chi connectivity index (χ3v) is 4.18. The first-order valence-electron chi connectivity index (χ1n) is 8.43. The third-order valence-electron chi connectivity index (χ3n) is 4.18. The Kier molecular flexibility index (Phi) is 9.73. The van der Waals surface area contributed by atoms with Crippen molar-refractivity contribution in [3.63, 3.8) is 0 Å². The lowest BCUT2D eigenvalue weighted by Crippen LogP contribution is -2.39. The average molecular weight is 373 g/mol. The predicted octanol–water partition coefficient (Wildman–Crippen LogP) is -1.78. The van der Waals surface area contributed by atoms with Gasteiger partial charge in [0.1, 0.15) is 0 Å². The number of nitrogens with two attached hydrogens (primary N) is 1. The summed E-state index contributed by atoms with van der Waals surface area (Å²) in [6.07, 6.45) is 2.79. The van der Waals surface area contributed by atoms with Gasteiger partial charge in [-0.25, -0.2) is 9.59 Å². The summed E-state index contributed by atoms with van der Waals surface area (Å²) in [5, 5.41) is 40.3. The molecule has 0 aromatic carbocycles. The second-order valence-corrected chi connectivity index (χ2v) is 6.11. The van der Waals surface area contributed by atoms with Gasteiger partial charge in [0.05, 0.1) is 6.20 Å². The minimum absolute atomic E-state index is 0.756. The van der Waals surface area contributed by atoms with E-state index >= 15 is 0 Å². The van der Waals surface area contributed by atoms with Crippen molar-refractivity contribution in [2.24, 2.45) is 11.7 Å². The average Bonchev–Trinajstić information content (AvgIpc) is 3.15. The van der Waals surface area contributed by atoms with E-state index in [9.17, 15) is 9.59 Å². The highest BCUT2D eigenvalue weighted by atomic mass is 16.4. The highest BCUT2D eigenvalue weighted by Crippen LogP contribution is 2.15. The van der Waals surface area contributed by atoms with Gasteiger partial charge in [0.25, 0.3) is 0 Å². The number of aliphatic hydroxyl groups excluding tert-OH is 2. The summed E-state index contributed by atoms with van der Waals surface area (Å²) in [6.45, 7) is 5.40. The molecule has 0 aliphatic carbocycles. The number of rotatable bonds is 8. The lowest BCUT2D eigenvalue weighted by Gasteiger charge is -2.31. The molecular weight excluding hydrogens is 346 g/mol. The van der Waals surface area contributed by atoms with Crippen molar-refractivity contribution >= 4 is 11.9 Å². The van der Waals surface area contributed by atoms with E-state index in [1.165, 1.54) is 25.9 Å². The number of likely N-dealkylation sites (tertiary alicyclic amines) is 1. The molecule has 6 N–H and O–H groups in total. The monoisotopic (exact) mass is 373 g/mol. The van der Waals surface area contributed by atoms with Crippen LogP contribution in [-0.4, -0.2) is 90.6 Å². The number of aryl methyl sites for hydroxylation is 1. The van der Waals surface area contributed by atoms with Gasteiger partial charge in [-0.2, -0.15) is 0 Å². The molecule has 1 fully saturated rings. The Hall–Kier alpha value is -2.08. The molecule has 26 heavy (non-hydrogen) atoms. The van der Waals surface area contributed by atoms with Crippen molar-refractivity contribution < 1.29 is 30.0 Å². The Morgan fingerprint density at radius 3 is 2.12 bits per heavy atom. The fourth-order valence-electron chi connectivity index (χ4n) is 2.52. The smallest absolute Gasteiger partial charge is 0.335 e. The number of aromatic nitrogens is 3. The first-order chi connectivity index (χ1) is 12.3. The van der Waals surface area contributed by atoms with Crippen LogP contribution in [0.5, 0.6) is 0 Å². The van der Waals surface area contributed by atoms with E-state index in [-0.39, 0.29) is 0 Å². The van der Waals surface area contributed by atoms with Gasteiger partial charge in [0, 0.05) is 12.7 Å². The van der Waals surface area contributed by atoms with Gasteiger partial charge in [0.2, 0.25) is 0 Å². The summed E-state index contributed by atoms with van der Waals surface area (Å²) in [4.78, 5) is 22.1. The summed E-state index contributed by atoms with van der Waals surface area (Å²) in [5.41, 5.74) is 5.68. The van der Waals surface area contributed by atoms with Crippen molar-refractivity contribution in [1.82, 2.24) is 19.9 Å². The Morgan fingerprint density at radius 2 is 1.69 bits per heavy atom. The maximum absolute atomic E-state index is 9.77. The minimum Gasteiger partial charge on any atom is -0.479 e. The summed E-state index contributed by atoms with van der Waals surface area (Å²) in [6, 6.07) is 0. The van der Waals surface area contributed by atoms with Crippen LogP contribution in [-0.2, 0) is 16.1 Å². The van der Waals surface area contributed by atoms with E-state index in [4.69, 9.17) is 26.2 Å². The second-order valence-electron chi connectivity index (χ2n) is 6.11. The molecule has 0 amide bonds. The van der Waals surface area contributed by atoms with E-state index in [1.54, 1.807) is 6.20 Å². The number of hydrogen-bond acceptors (Lipinski definition) is 8. The number of aliphatic hydroxyl groups is 2. The van der Waals surface area contributed by atoms with Crippen molar-refractivity contribution in [2.75, 3.05) is 26.2 Å². The Labute approximate surface area is 151 Å². The number of aliphatic carboxylic acids is 2. The van der Waals surface area contributed by atoms with Crippen LogP contribution in [0, 0.1) is 5.92 Å². The molecule has 1 aromatic rings. The first-order valence-corrected chi connectivity index (χ1v) is 8.43. The van der Waals surface area contributed by atoms with Crippen LogP contribution in [0.15, 0.2) is 12.4 Å². The zero-order chi connectivity index (χ0) is 19.5. The molecule has 0 saturated carbocycles. The van der Waals surface area contributed by atoms with Gasteiger partial charge in [-0.15, -0.1) is 5.10 Å². The molecule has 1 aromatic heterocycles. The zero-order valence-electron chi connectivity index (χ0n) is 14.5. The van der Waals surface area contributed by atoms with Crippen LogP contribution in [0.4, 0.5) is 0 Å². The number of carboxylic acid groups (broad SMARTS) is 2. The van der Waals surface area contributed by atoms with Gasteiger partial charge in [-0.05, 0) is 51.4 Å². The zero-order valence-corrected chi connectivity index (χ0v) is 14.5. The SMILES string of the molecule is NCC1CCN(CCCn2ccnn2)CC1.O=C(O)C(O)C(O)C(=O)O. The molecule has 1 aliphatic heterocycles. The lowest BCUT2D eigenvalue weighted by atomic mass is 9.97. The first kappa shape index (κ1) is 22.0. The Bertz CT molecular complexity index is 515. The fourth-order valence-corrected chi connectivity index (χ4v) is 2.52. The molecule has 2 rings (SSSR count). The van der Waals surface area contributed by atoms with Crippen LogP contribution in [0.3, 0.4) is 0 Å². The van der Waals surface area contributed by atoms with E-state index in [1.807, 2.05) is 10.9 Å². The van der Waals surface area contributed by atoms with Crippen molar-refractivity contribution in [2.45, 2.75) is 38.0 Å². The number of carbonyl (C=O) groups is 2. The maximum Gasteiger partial charge on any atom is 0.335 e. The molecule has 11 heteroatoms. The van der Waals surface area contributed by atoms with E-state index < -0.39 is 24.1 Å². The topological polar surface area (TPSA) is 175 Å². The molecule has 1 aliphatic rings. The number of nitrogens with zero attached hydrogens (tertiary/aromatic N) is 4. The normalized spacial score (nSPS) is 17.8. The van der Waals surface area contributed by atoms with Crippen LogP contribution < -0.4 is 5.73 Å². The van der Waals surface area contributed by atoms with Crippen LogP contribution >= 0.6 is 0 Å². The molecule has 148 valence electrons. The van der Waals surface area contributed by atoms with E-state index in [0.717, 1.165) is 32.0 Å². The summed E-state index contributed by atoms with van der Waals surface area (Å²) in [5.74, 6) is -2.78. The molecular formula is C15H27N5O6. The Morgan fingerprint density at radius 1 is 1.12 bits per heavy atom. The summed E-state index contributed by atoms with van der Waals surface area (Å²) >= 11 is 0. The van der Waals surface area contributed by atoms with Crippen LogP contribution in [0.1, 0.15) is 19.3 Å². The molecule has 2 atom stereocenters. The third kappa shape index (κ3) is 7.87. The van der Waals surface area contributed by atoms with Crippen molar-refractivity contribution in [3.05, 3.63) is 12.4 Å². The molecule has 0 radical (unpaired) electrons. The highest BCUT2D eigenvalue weighted by Gasteiger charge is 2.29. The minimum atomic E-state index is -2.27. The molecule has 11 nitrogen and oxygen atoms in total.